The highest BCUT2D eigenvalue weighted by Gasteiger charge is 2.33. The van der Waals surface area contributed by atoms with Crippen molar-refractivity contribution in [3.8, 4) is 0 Å². The SMILES string of the molecule is O=C(NC1CCS(=O)(=O)C1)C1Cc2ccccc2S1. The molecule has 102 valence electrons. The average molecular weight is 297 g/mol. The van der Waals surface area contributed by atoms with E-state index in [1.807, 2.05) is 24.3 Å². The number of thioether (sulfide) groups is 1. The second kappa shape index (κ2) is 4.83. The van der Waals surface area contributed by atoms with E-state index in [0.717, 1.165) is 11.3 Å². The number of carbonyl (C=O) groups excluding carboxylic acids is 1. The summed E-state index contributed by atoms with van der Waals surface area (Å²) in [5.41, 5.74) is 1.20. The van der Waals surface area contributed by atoms with Gasteiger partial charge in [-0.2, -0.15) is 0 Å². The summed E-state index contributed by atoms with van der Waals surface area (Å²) in [4.78, 5) is 13.3. The molecule has 0 radical (unpaired) electrons. The summed E-state index contributed by atoms with van der Waals surface area (Å²) in [6.07, 6.45) is 1.27. The van der Waals surface area contributed by atoms with E-state index in [0.29, 0.717) is 6.42 Å². The fourth-order valence-corrected chi connectivity index (χ4v) is 5.41. The van der Waals surface area contributed by atoms with Gasteiger partial charge in [0.05, 0.1) is 16.8 Å². The van der Waals surface area contributed by atoms with E-state index >= 15 is 0 Å². The van der Waals surface area contributed by atoms with Gasteiger partial charge in [0, 0.05) is 10.9 Å². The minimum absolute atomic E-state index is 0.0386. The standard InChI is InChI=1S/C13H15NO3S2/c15-13(14-10-5-6-19(16,17)8-10)12-7-9-3-1-2-4-11(9)18-12/h1-4,10,12H,5-8H2,(H,14,15). The predicted octanol–water partition coefficient (Wildman–Crippen LogP) is 1.01. The van der Waals surface area contributed by atoms with Crippen molar-refractivity contribution in [3.05, 3.63) is 29.8 Å². The number of rotatable bonds is 2. The number of hydrogen-bond donors (Lipinski definition) is 1. The van der Waals surface area contributed by atoms with Crippen LogP contribution >= 0.6 is 11.8 Å². The third-order valence-corrected chi connectivity index (χ3v) is 6.60. The van der Waals surface area contributed by atoms with Gasteiger partial charge < -0.3 is 5.32 Å². The van der Waals surface area contributed by atoms with Crippen molar-refractivity contribution in [2.24, 2.45) is 0 Å². The van der Waals surface area contributed by atoms with E-state index in [1.54, 1.807) is 11.8 Å². The van der Waals surface area contributed by atoms with Crippen LogP contribution in [0.15, 0.2) is 29.2 Å². The molecule has 0 spiro atoms. The summed E-state index contributed by atoms with van der Waals surface area (Å²) < 4.78 is 22.7. The van der Waals surface area contributed by atoms with Crippen molar-refractivity contribution in [1.29, 1.82) is 0 Å². The number of nitrogens with one attached hydrogen (secondary N) is 1. The molecule has 1 fully saturated rings. The van der Waals surface area contributed by atoms with Gasteiger partial charge in [0.25, 0.3) is 0 Å². The summed E-state index contributed by atoms with van der Waals surface area (Å²) in [6.45, 7) is 0. The minimum atomic E-state index is -2.94. The Morgan fingerprint density at radius 3 is 2.79 bits per heavy atom. The molecule has 2 aliphatic heterocycles. The normalized spacial score (nSPS) is 28.0. The predicted molar refractivity (Wildman–Crippen MR) is 75.0 cm³/mol. The highest BCUT2D eigenvalue weighted by molar-refractivity contribution is 8.01. The van der Waals surface area contributed by atoms with Crippen molar-refractivity contribution < 1.29 is 13.2 Å². The lowest BCUT2D eigenvalue weighted by Crippen LogP contribution is -2.40. The highest BCUT2D eigenvalue weighted by atomic mass is 32.2. The first-order chi connectivity index (χ1) is 9.03. The van der Waals surface area contributed by atoms with Crippen LogP contribution in [-0.2, 0) is 21.1 Å². The first-order valence-electron chi connectivity index (χ1n) is 6.29. The molecule has 2 atom stereocenters. The van der Waals surface area contributed by atoms with Gasteiger partial charge in [-0.3, -0.25) is 4.79 Å². The van der Waals surface area contributed by atoms with Crippen LogP contribution in [0.2, 0.25) is 0 Å². The minimum Gasteiger partial charge on any atom is -0.351 e. The van der Waals surface area contributed by atoms with Gasteiger partial charge in [0.2, 0.25) is 5.91 Å². The Kier molecular flexibility index (Phi) is 3.30. The lowest BCUT2D eigenvalue weighted by Gasteiger charge is -2.14. The molecular formula is C13H15NO3S2. The summed E-state index contributed by atoms with van der Waals surface area (Å²) in [5.74, 6) is 0.238. The number of carbonyl (C=O) groups is 1. The maximum Gasteiger partial charge on any atom is 0.234 e. The van der Waals surface area contributed by atoms with Crippen LogP contribution in [0.4, 0.5) is 0 Å². The van der Waals surface area contributed by atoms with Gasteiger partial charge in [-0.15, -0.1) is 11.8 Å². The first-order valence-corrected chi connectivity index (χ1v) is 8.99. The molecule has 0 aliphatic carbocycles. The molecule has 19 heavy (non-hydrogen) atoms. The van der Waals surface area contributed by atoms with Crippen molar-refractivity contribution >= 4 is 27.5 Å². The number of benzene rings is 1. The van der Waals surface area contributed by atoms with Gasteiger partial charge in [-0.25, -0.2) is 8.42 Å². The maximum absolute atomic E-state index is 12.2. The monoisotopic (exact) mass is 297 g/mol. The molecule has 1 aromatic carbocycles. The van der Waals surface area contributed by atoms with Gasteiger partial charge >= 0.3 is 0 Å². The largest absolute Gasteiger partial charge is 0.351 e. The highest BCUT2D eigenvalue weighted by Crippen LogP contribution is 2.36. The summed E-state index contributed by atoms with van der Waals surface area (Å²) in [7, 11) is -2.94. The summed E-state index contributed by atoms with van der Waals surface area (Å²) >= 11 is 1.57. The van der Waals surface area contributed by atoms with Crippen molar-refractivity contribution in [3.63, 3.8) is 0 Å². The fourth-order valence-electron chi connectivity index (χ4n) is 2.53. The molecule has 1 N–H and O–H groups in total. The summed E-state index contributed by atoms with van der Waals surface area (Å²) in [5, 5.41) is 2.75. The Bertz CT molecular complexity index is 587. The quantitative estimate of drug-likeness (QED) is 0.885. The van der Waals surface area contributed by atoms with Crippen LogP contribution in [-0.4, -0.2) is 37.1 Å². The van der Waals surface area contributed by atoms with E-state index < -0.39 is 9.84 Å². The van der Waals surface area contributed by atoms with Gasteiger partial charge in [0.15, 0.2) is 9.84 Å². The molecular weight excluding hydrogens is 282 g/mol. The molecule has 1 saturated heterocycles. The Labute approximate surface area is 116 Å². The first kappa shape index (κ1) is 13.0. The van der Waals surface area contributed by atoms with E-state index in [4.69, 9.17) is 0 Å². The molecule has 2 aliphatic rings. The van der Waals surface area contributed by atoms with Crippen LogP contribution in [0, 0.1) is 0 Å². The van der Waals surface area contributed by atoms with E-state index in [2.05, 4.69) is 5.32 Å². The van der Waals surface area contributed by atoms with Crippen LogP contribution < -0.4 is 5.32 Å². The Hall–Kier alpha value is -1.01. The lowest BCUT2D eigenvalue weighted by molar-refractivity contribution is -0.121. The van der Waals surface area contributed by atoms with Gasteiger partial charge in [-0.1, -0.05) is 18.2 Å². The zero-order valence-electron chi connectivity index (χ0n) is 10.3. The molecule has 1 aromatic rings. The molecule has 6 heteroatoms. The van der Waals surface area contributed by atoms with Crippen molar-refractivity contribution in [2.75, 3.05) is 11.5 Å². The molecule has 2 heterocycles. The lowest BCUT2D eigenvalue weighted by atomic mass is 10.1. The van der Waals surface area contributed by atoms with Gasteiger partial charge in [0.1, 0.15) is 0 Å². The van der Waals surface area contributed by atoms with Crippen molar-refractivity contribution in [2.45, 2.75) is 29.0 Å². The topological polar surface area (TPSA) is 63.2 Å². The maximum atomic E-state index is 12.2. The Morgan fingerprint density at radius 1 is 1.32 bits per heavy atom. The number of sulfone groups is 1. The number of hydrogen-bond acceptors (Lipinski definition) is 4. The number of fused-ring (bicyclic) bond motifs is 1. The van der Waals surface area contributed by atoms with Crippen molar-refractivity contribution in [1.82, 2.24) is 5.32 Å². The molecule has 0 aromatic heterocycles. The van der Waals surface area contributed by atoms with E-state index in [1.165, 1.54) is 5.56 Å². The average Bonchev–Trinajstić information content (AvgIpc) is 2.92. The van der Waals surface area contributed by atoms with Crippen LogP contribution in [0.1, 0.15) is 12.0 Å². The van der Waals surface area contributed by atoms with E-state index in [9.17, 15) is 13.2 Å². The third kappa shape index (κ3) is 2.79. The molecule has 1 amide bonds. The molecule has 0 bridgehead atoms. The summed E-state index contributed by atoms with van der Waals surface area (Å²) in [6, 6.07) is 7.80. The van der Waals surface area contributed by atoms with Gasteiger partial charge in [-0.05, 0) is 24.5 Å². The fraction of sp³-hybridized carbons (Fsp3) is 0.462. The molecule has 0 saturated carbocycles. The van der Waals surface area contributed by atoms with E-state index in [-0.39, 0.29) is 28.7 Å². The second-order valence-electron chi connectivity index (χ2n) is 5.03. The Balaban J connectivity index is 1.62. The zero-order chi connectivity index (χ0) is 13.5. The van der Waals surface area contributed by atoms with Crippen LogP contribution in [0.3, 0.4) is 0 Å². The second-order valence-corrected chi connectivity index (χ2v) is 8.50. The van der Waals surface area contributed by atoms with Crippen LogP contribution in [0.5, 0.6) is 0 Å². The zero-order valence-corrected chi connectivity index (χ0v) is 12.0. The molecule has 4 nitrogen and oxygen atoms in total. The molecule has 3 rings (SSSR count). The number of amides is 1. The Morgan fingerprint density at radius 2 is 2.11 bits per heavy atom. The van der Waals surface area contributed by atoms with Crippen LogP contribution in [0.25, 0.3) is 0 Å². The third-order valence-electron chi connectivity index (χ3n) is 3.52. The molecule has 2 unspecified atom stereocenters. The smallest absolute Gasteiger partial charge is 0.234 e.